The van der Waals surface area contributed by atoms with E-state index in [-0.39, 0.29) is 17.5 Å². The predicted molar refractivity (Wildman–Crippen MR) is 93.1 cm³/mol. The average Bonchev–Trinajstić information content (AvgIpc) is 3.03. The summed E-state index contributed by atoms with van der Waals surface area (Å²) in [6, 6.07) is 7.27. The summed E-state index contributed by atoms with van der Waals surface area (Å²) in [5.74, 6) is 1.15. The monoisotopic (exact) mass is 373 g/mol. The maximum atomic E-state index is 11.7. The summed E-state index contributed by atoms with van der Waals surface area (Å²) in [5, 5.41) is 8.76. The molecule has 2 heterocycles. The van der Waals surface area contributed by atoms with E-state index in [4.69, 9.17) is 23.2 Å². The van der Waals surface area contributed by atoms with Crippen molar-refractivity contribution in [1.82, 2.24) is 9.78 Å². The molecule has 1 unspecified atom stereocenters. The van der Waals surface area contributed by atoms with Gasteiger partial charge in [0.05, 0.1) is 33.3 Å². The maximum Gasteiger partial charge on any atom is 0.152 e. The molecule has 0 spiro atoms. The van der Waals surface area contributed by atoms with E-state index < -0.39 is 9.84 Å². The molecule has 8 heteroatoms. The zero-order valence-electron chi connectivity index (χ0n) is 12.6. The van der Waals surface area contributed by atoms with Gasteiger partial charge in [-0.25, -0.2) is 13.1 Å². The molecule has 1 N–H and O–H groups in total. The van der Waals surface area contributed by atoms with Crippen LogP contribution in [0.15, 0.2) is 24.3 Å². The lowest BCUT2D eigenvalue weighted by Crippen LogP contribution is -2.16. The van der Waals surface area contributed by atoms with Gasteiger partial charge in [-0.15, -0.1) is 0 Å². The molecular weight excluding hydrogens is 357 g/mol. The van der Waals surface area contributed by atoms with Crippen molar-refractivity contribution >= 4 is 38.9 Å². The lowest BCUT2D eigenvalue weighted by atomic mass is 10.2. The van der Waals surface area contributed by atoms with E-state index in [1.807, 2.05) is 25.1 Å². The van der Waals surface area contributed by atoms with Crippen LogP contribution in [0.1, 0.15) is 23.7 Å². The van der Waals surface area contributed by atoms with Gasteiger partial charge < -0.3 is 5.32 Å². The van der Waals surface area contributed by atoms with Crippen LogP contribution in [0.2, 0.25) is 10.0 Å². The van der Waals surface area contributed by atoms with Crippen molar-refractivity contribution < 1.29 is 8.42 Å². The van der Waals surface area contributed by atoms with Crippen LogP contribution in [0, 0.1) is 6.92 Å². The van der Waals surface area contributed by atoms with Crippen LogP contribution < -0.4 is 5.32 Å². The molecule has 1 aliphatic heterocycles. The third kappa shape index (κ3) is 3.65. The Balaban J connectivity index is 1.80. The SMILES string of the molecule is Cc1cc(NCc2cccc(Cl)c2Cl)n(C2CCS(=O)(=O)C2)n1. The van der Waals surface area contributed by atoms with Gasteiger partial charge in [0.2, 0.25) is 0 Å². The molecule has 2 aromatic rings. The van der Waals surface area contributed by atoms with Gasteiger partial charge in [0.15, 0.2) is 9.84 Å². The number of nitrogens with zero attached hydrogens (tertiary/aromatic N) is 2. The van der Waals surface area contributed by atoms with Crippen molar-refractivity contribution in [1.29, 1.82) is 0 Å². The van der Waals surface area contributed by atoms with Crippen LogP contribution in [-0.2, 0) is 16.4 Å². The van der Waals surface area contributed by atoms with Gasteiger partial charge in [-0.2, -0.15) is 5.10 Å². The molecule has 0 radical (unpaired) electrons. The third-order valence-corrected chi connectivity index (χ3v) is 6.51. The predicted octanol–water partition coefficient (Wildman–Crippen LogP) is 3.47. The molecular formula is C15H17Cl2N3O2S. The second-order valence-electron chi connectivity index (χ2n) is 5.74. The number of rotatable bonds is 4. The van der Waals surface area contributed by atoms with Crippen LogP contribution in [0.4, 0.5) is 5.82 Å². The largest absolute Gasteiger partial charge is 0.366 e. The van der Waals surface area contributed by atoms with Crippen LogP contribution in [-0.4, -0.2) is 29.7 Å². The minimum Gasteiger partial charge on any atom is -0.366 e. The van der Waals surface area contributed by atoms with E-state index in [1.54, 1.807) is 10.7 Å². The molecule has 3 rings (SSSR count). The number of aromatic nitrogens is 2. The van der Waals surface area contributed by atoms with E-state index in [2.05, 4.69) is 10.4 Å². The van der Waals surface area contributed by atoms with E-state index in [0.717, 1.165) is 17.1 Å². The first-order valence-electron chi connectivity index (χ1n) is 7.29. The number of nitrogens with one attached hydrogen (secondary N) is 1. The van der Waals surface area contributed by atoms with Crippen molar-refractivity contribution in [2.45, 2.75) is 25.9 Å². The number of hydrogen-bond acceptors (Lipinski definition) is 4. The molecule has 0 aliphatic carbocycles. The van der Waals surface area contributed by atoms with Gasteiger partial charge >= 0.3 is 0 Å². The highest BCUT2D eigenvalue weighted by Gasteiger charge is 2.31. The quantitative estimate of drug-likeness (QED) is 0.890. The zero-order valence-corrected chi connectivity index (χ0v) is 14.9. The Kier molecular flexibility index (Phi) is 4.58. The average molecular weight is 374 g/mol. The molecule has 1 aromatic carbocycles. The van der Waals surface area contributed by atoms with E-state index in [0.29, 0.717) is 23.0 Å². The maximum absolute atomic E-state index is 11.7. The fraction of sp³-hybridized carbons (Fsp3) is 0.400. The van der Waals surface area contributed by atoms with E-state index in [9.17, 15) is 8.42 Å². The van der Waals surface area contributed by atoms with Gasteiger partial charge in [0.1, 0.15) is 5.82 Å². The van der Waals surface area contributed by atoms with Gasteiger partial charge in [0, 0.05) is 12.6 Å². The lowest BCUT2D eigenvalue weighted by molar-refractivity contribution is 0.501. The molecule has 1 fully saturated rings. The smallest absolute Gasteiger partial charge is 0.152 e. The fourth-order valence-electron chi connectivity index (χ4n) is 2.77. The number of sulfone groups is 1. The minimum atomic E-state index is -2.96. The summed E-state index contributed by atoms with van der Waals surface area (Å²) in [7, 11) is -2.96. The number of halogens is 2. The Morgan fingerprint density at radius 3 is 2.87 bits per heavy atom. The minimum absolute atomic E-state index is 0.119. The molecule has 0 amide bonds. The molecule has 1 saturated heterocycles. The van der Waals surface area contributed by atoms with E-state index in [1.165, 1.54) is 0 Å². The van der Waals surface area contributed by atoms with Crippen LogP contribution in [0.3, 0.4) is 0 Å². The zero-order chi connectivity index (χ0) is 16.6. The standard InChI is InChI=1S/C15H17Cl2N3O2S/c1-10-7-14(18-8-11-3-2-4-13(16)15(11)17)20(19-10)12-5-6-23(21,22)9-12/h2-4,7,12,18H,5-6,8-9H2,1H3. The second kappa shape index (κ2) is 6.34. The van der Waals surface area contributed by atoms with Gasteiger partial charge in [0.25, 0.3) is 0 Å². The highest BCUT2D eigenvalue weighted by molar-refractivity contribution is 7.91. The fourth-order valence-corrected chi connectivity index (χ4v) is 4.84. The van der Waals surface area contributed by atoms with Gasteiger partial charge in [-0.1, -0.05) is 35.3 Å². The Bertz CT molecular complexity index is 833. The topological polar surface area (TPSA) is 64.0 Å². The first-order valence-corrected chi connectivity index (χ1v) is 9.87. The Morgan fingerprint density at radius 1 is 1.39 bits per heavy atom. The van der Waals surface area contributed by atoms with Crippen LogP contribution >= 0.6 is 23.2 Å². The Morgan fingerprint density at radius 2 is 2.17 bits per heavy atom. The number of anilines is 1. The number of aryl methyl sites for hydroxylation is 1. The summed E-state index contributed by atoms with van der Waals surface area (Å²) in [6.07, 6.45) is 0.593. The second-order valence-corrected chi connectivity index (χ2v) is 8.75. The molecule has 1 aliphatic rings. The van der Waals surface area contributed by atoms with Crippen molar-refractivity contribution in [3.63, 3.8) is 0 Å². The Labute approximate surface area is 145 Å². The first-order chi connectivity index (χ1) is 10.9. The highest BCUT2D eigenvalue weighted by Crippen LogP contribution is 2.29. The first kappa shape index (κ1) is 16.6. The van der Waals surface area contributed by atoms with Crippen LogP contribution in [0.25, 0.3) is 0 Å². The summed E-state index contributed by atoms with van der Waals surface area (Å²) >= 11 is 12.2. The highest BCUT2D eigenvalue weighted by atomic mass is 35.5. The lowest BCUT2D eigenvalue weighted by Gasteiger charge is -2.15. The molecule has 0 saturated carbocycles. The number of benzene rings is 1. The molecule has 0 bridgehead atoms. The van der Waals surface area contributed by atoms with Gasteiger partial charge in [-0.05, 0) is 25.0 Å². The molecule has 124 valence electrons. The number of hydrogen-bond donors (Lipinski definition) is 1. The summed E-state index contributed by atoms with van der Waals surface area (Å²) in [5.41, 5.74) is 1.72. The van der Waals surface area contributed by atoms with Crippen LogP contribution in [0.5, 0.6) is 0 Å². The summed E-state index contributed by atoms with van der Waals surface area (Å²) in [6.45, 7) is 2.38. The molecule has 1 aromatic heterocycles. The van der Waals surface area contributed by atoms with Crippen molar-refractivity contribution in [3.8, 4) is 0 Å². The molecule has 23 heavy (non-hydrogen) atoms. The van der Waals surface area contributed by atoms with Crippen molar-refractivity contribution in [3.05, 3.63) is 45.6 Å². The van der Waals surface area contributed by atoms with Gasteiger partial charge in [-0.3, -0.25) is 0 Å². The molecule has 5 nitrogen and oxygen atoms in total. The third-order valence-electron chi connectivity index (χ3n) is 3.90. The van der Waals surface area contributed by atoms with Crippen molar-refractivity contribution in [2.75, 3.05) is 16.8 Å². The van der Waals surface area contributed by atoms with E-state index >= 15 is 0 Å². The molecule has 1 atom stereocenters. The Hall–Kier alpha value is -1.24. The normalized spacial score (nSPS) is 19.9. The van der Waals surface area contributed by atoms with Crippen molar-refractivity contribution in [2.24, 2.45) is 0 Å². The summed E-state index contributed by atoms with van der Waals surface area (Å²) in [4.78, 5) is 0. The summed E-state index contributed by atoms with van der Waals surface area (Å²) < 4.78 is 25.2.